The predicted octanol–water partition coefficient (Wildman–Crippen LogP) is 2.81. The fraction of sp³-hybridized carbons (Fsp3) is 0.364. The standard InChI is InChI=1S/C22H22F3N7O2/c1-12(16-7-14(27)8-18(30-16)22(23,24)25)29-20-15-9-17(32-3-5-34-6-4-32)21(33)31(2)19(15)13(10-26)11-28-20/h7-9,11-12H,3-6H2,1-2H3,(H2,27,30)(H,28,29)/t12-/m1/s1. The summed E-state index contributed by atoms with van der Waals surface area (Å²) in [6.45, 7) is 3.63. The van der Waals surface area contributed by atoms with Crippen molar-refractivity contribution in [3.8, 4) is 6.07 Å². The lowest BCUT2D eigenvalue weighted by Gasteiger charge is -2.29. The molecule has 0 bridgehead atoms. The number of nitrogens with one attached hydrogen (secondary N) is 1. The highest BCUT2D eigenvalue weighted by molar-refractivity contribution is 5.95. The summed E-state index contributed by atoms with van der Waals surface area (Å²) >= 11 is 0. The van der Waals surface area contributed by atoms with Gasteiger partial charge in [0.25, 0.3) is 5.56 Å². The van der Waals surface area contributed by atoms with Gasteiger partial charge in [-0.2, -0.15) is 18.4 Å². The van der Waals surface area contributed by atoms with Gasteiger partial charge < -0.3 is 25.3 Å². The lowest BCUT2D eigenvalue weighted by Crippen LogP contribution is -2.40. The number of fused-ring (bicyclic) bond motifs is 1. The van der Waals surface area contributed by atoms with E-state index in [0.29, 0.717) is 48.7 Å². The molecule has 1 aliphatic rings. The van der Waals surface area contributed by atoms with Crippen molar-refractivity contribution in [1.29, 1.82) is 5.26 Å². The van der Waals surface area contributed by atoms with E-state index in [2.05, 4.69) is 15.3 Å². The predicted molar refractivity (Wildman–Crippen MR) is 120 cm³/mol. The van der Waals surface area contributed by atoms with E-state index < -0.39 is 17.9 Å². The van der Waals surface area contributed by atoms with Crippen LogP contribution in [0, 0.1) is 11.3 Å². The Morgan fingerprint density at radius 3 is 2.62 bits per heavy atom. The SMILES string of the molecule is C[C@@H](Nc1ncc(C#N)c2c1cc(N1CCOCC1)c(=O)n2C)c1cc(N)cc(C(F)(F)F)n1. The van der Waals surface area contributed by atoms with Gasteiger partial charge in [0.2, 0.25) is 0 Å². The van der Waals surface area contributed by atoms with Gasteiger partial charge in [0.15, 0.2) is 0 Å². The average molecular weight is 473 g/mol. The molecule has 9 nitrogen and oxygen atoms in total. The zero-order valence-corrected chi connectivity index (χ0v) is 18.5. The molecular weight excluding hydrogens is 451 g/mol. The third kappa shape index (κ3) is 4.34. The van der Waals surface area contributed by atoms with E-state index in [1.807, 2.05) is 11.0 Å². The van der Waals surface area contributed by atoms with Gasteiger partial charge >= 0.3 is 6.18 Å². The number of nitrogen functional groups attached to an aromatic ring is 1. The van der Waals surface area contributed by atoms with Crippen molar-refractivity contribution in [3.05, 3.63) is 51.7 Å². The molecule has 4 heterocycles. The van der Waals surface area contributed by atoms with Gasteiger partial charge in [-0.3, -0.25) is 4.79 Å². The van der Waals surface area contributed by atoms with E-state index in [0.717, 1.165) is 6.07 Å². The minimum absolute atomic E-state index is 0.0689. The van der Waals surface area contributed by atoms with E-state index in [4.69, 9.17) is 10.5 Å². The maximum Gasteiger partial charge on any atom is 0.433 e. The Morgan fingerprint density at radius 2 is 1.97 bits per heavy atom. The first-order valence-corrected chi connectivity index (χ1v) is 10.5. The van der Waals surface area contributed by atoms with Gasteiger partial charge in [0.1, 0.15) is 23.3 Å². The number of aromatic nitrogens is 3. The zero-order chi connectivity index (χ0) is 24.6. The normalized spacial score (nSPS) is 15.2. The molecule has 0 aliphatic carbocycles. The number of rotatable bonds is 4. The highest BCUT2D eigenvalue weighted by Gasteiger charge is 2.33. The molecular formula is C22H22F3N7O2. The van der Waals surface area contributed by atoms with Crippen molar-refractivity contribution < 1.29 is 17.9 Å². The van der Waals surface area contributed by atoms with Crippen LogP contribution >= 0.6 is 0 Å². The van der Waals surface area contributed by atoms with E-state index in [9.17, 15) is 23.2 Å². The van der Waals surface area contributed by atoms with Crippen LogP contribution in [-0.2, 0) is 18.0 Å². The number of nitriles is 1. The number of anilines is 3. The Kier molecular flexibility index (Phi) is 6.05. The Balaban J connectivity index is 1.82. The summed E-state index contributed by atoms with van der Waals surface area (Å²) in [4.78, 5) is 23.0. The summed E-state index contributed by atoms with van der Waals surface area (Å²) < 4.78 is 46.4. The molecule has 1 atom stereocenters. The van der Waals surface area contributed by atoms with Crippen LogP contribution in [0.4, 0.5) is 30.4 Å². The van der Waals surface area contributed by atoms with E-state index >= 15 is 0 Å². The van der Waals surface area contributed by atoms with Crippen molar-refractivity contribution in [2.45, 2.75) is 19.1 Å². The third-order valence-corrected chi connectivity index (χ3v) is 5.66. The lowest BCUT2D eigenvalue weighted by atomic mass is 10.1. The molecule has 3 N–H and O–H groups in total. The van der Waals surface area contributed by atoms with E-state index in [1.165, 1.54) is 16.8 Å². The summed E-state index contributed by atoms with van der Waals surface area (Å²) in [6.07, 6.45) is -3.33. The second-order valence-electron chi connectivity index (χ2n) is 7.96. The molecule has 0 saturated carbocycles. The summed E-state index contributed by atoms with van der Waals surface area (Å²) in [5, 5.41) is 13.1. The number of aryl methyl sites for hydroxylation is 1. The molecule has 0 spiro atoms. The molecule has 0 aromatic carbocycles. The van der Waals surface area contributed by atoms with Crippen molar-refractivity contribution in [3.63, 3.8) is 0 Å². The van der Waals surface area contributed by atoms with Crippen LogP contribution < -0.4 is 21.5 Å². The van der Waals surface area contributed by atoms with Crippen LogP contribution in [0.1, 0.15) is 29.9 Å². The van der Waals surface area contributed by atoms with Crippen molar-refractivity contribution >= 4 is 28.1 Å². The van der Waals surface area contributed by atoms with Crippen LogP contribution in [0.15, 0.2) is 29.2 Å². The number of alkyl halides is 3. The Bertz CT molecular complexity index is 1340. The number of halogens is 3. The number of nitrogens with two attached hydrogens (primary N) is 1. The molecule has 4 rings (SSSR count). The number of morpholine rings is 1. The molecule has 12 heteroatoms. The maximum atomic E-state index is 13.2. The Hall–Kier alpha value is -3.85. The number of pyridine rings is 3. The first kappa shape index (κ1) is 23.3. The van der Waals surface area contributed by atoms with Gasteiger partial charge in [0, 0.05) is 37.4 Å². The lowest BCUT2D eigenvalue weighted by molar-refractivity contribution is -0.141. The van der Waals surface area contributed by atoms with Crippen molar-refractivity contribution in [2.75, 3.05) is 42.3 Å². The quantitative estimate of drug-likeness (QED) is 0.593. The fourth-order valence-electron chi connectivity index (χ4n) is 3.93. The van der Waals surface area contributed by atoms with Gasteiger partial charge in [-0.1, -0.05) is 0 Å². The fourth-order valence-corrected chi connectivity index (χ4v) is 3.93. The zero-order valence-electron chi connectivity index (χ0n) is 18.5. The number of ether oxygens (including phenoxy) is 1. The summed E-state index contributed by atoms with van der Waals surface area (Å²) in [5.41, 5.74) is 5.31. The first-order chi connectivity index (χ1) is 16.1. The van der Waals surface area contributed by atoms with E-state index in [-0.39, 0.29) is 22.5 Å². The highest BCUT2D eigenvalue weighted by Crippen LogP contribution is 2.32. The number of nitrogens with zero attached hydrogens (tertiary/aromatic N) is 5. The van der Waals surface area contributed by atoms with Gasteiger partial charge in [0.05, 0.1) is 36.0 Å². The summed E-state index contributed by atoms with van der Waals surface area (Å²) in [6, 6.07) is 5.11. The largest absolute Gasteiger partial charge is 0.433 e. The first-order valence-electron chi connectivity index (χ1n) is 10.5. The number of hydrogen-bond acceptors (Lipinski definition) is 8. The Labute approximate surface area is 192 Å². The molecule has 0 radical (unpaired) electrons. The van der Waals surface area contributed by atoms with Crippen LogP contribution in [0.2, 0.25) is 0 Å². The monoisotopic (exact) mass is 473 g/mol. The molecule has 3 aromatic heterocycles. The average Bonchev–Trinajstić information content (AvgIpc) is 2.81. The van der Waals surface area contributed by atoms with Gasteiger partial charge in [-0.05, 0) is 25.1 Å². The second kappa shape index (κ2) is 8.83. The smallest absolute Gasteiger partial charge is 0.399 e. The van der Waals surface area contributed by atoms with Crippen LogP contribution in [0.25, 0.3) is 10.9 Å². The van der Waals surface area contributed by atoms with Crippen molar-refractivity contribution in [2.24, 2.45) is 7.05 Å². The summed E-state index contributed by atoms with van der Waals surface area (Å²) in [7, 11) is 1.57. The van der Waals surface area contributed by atoms with Crippen molar-refractivity contribution in [1.82, 2.24) is 14.5 Å². The molecule has 34 heavy (non-hydrogen) atoms. The highest BCUT2D eigenvalue weighted by atomic mass is 19.4. The topological polar surface area (TPSA) is 122 Å². The molecule has 0 unspecified atom stereocenters. The van der Waals surface area contributed by atoms with E-state index in [1.54, 1.807) is 20.0 Å². The van der Waals surface area contributed by atoms with Crippen LogP contribution in [0.5, 0.6) is 0 Å². The second-order valence-corrected chi connectivity index (χ2v) is 7.96. The minimum atomic E-state index is -4.64. The van der Waals surface area contributed by atoms with Crippen LogP contribution in [0.3, 0.4) is 0 Å². The molecule has 178 valence electrons. The Morgan fingerprint density at radius 1 is 1.26 bits per heavy atom. The third-order valence-electron chi connectivity index (χ3n) is 5.66. The van der Waals surface area contributed by atoms with Crippen LogP contribution in [-0.4, -0.2) is 40.8 Å². The summed E-state index contributed by atoms with van der Waals surface area (Å²) in [5.74, 6) is 0.296. The number of hydrogen-bond donors (Lipinski definition) is 2. The molecule has 3 aromatic rings. The maximum absolute atomic E-state index is 13.2. The minimum Gasteiger partial charge on any atom is -0.399 e. The molecule has 1 saturated heterocycles. The molecule has 1 fully saturated rings. The molecule has 0 amide bonds. The molecule has 1 aliphatic heterocycles. The van der Waals surface area contributed by atoms with Gasteiger partial charge in [-0.25, -0.2) is 9.97 Å². The van der Waals surface area contributed by atoms with Gasteiger partial charge in [-0.15, -0.1) is 0 Å².